The number of thiophene rings is 1. The summed E-state index contributed by atoms with van der Waals surface area (Å²) in [5, 5.41) is 8.68. The molecule has 2 N–H and O–H groups in total. The first-order valence-electron chi connectivity index (χ1n) is 11.0. The molecule has 1 aliphatic carbocycles. The van der Waals surface area contributed by atoms with Crippen molar-refractivity contribution in [2.45, 2.75) is 32.9 Å². The van der Waals surface area contributed by atoms with Crippen LogP contribution in [0.3, 0.4) is 0 Å². The van der Waals surface area contributed by atoms with Crippen LogP contribution in [-0.2, 0) is 25.6 Å². The predicted molar refractivity (Wildman–Crippen MR) is 128 cm³/mol. The summed E-state index contributed by atoms with van der Waals surface area (Å²) >= 11 is 1.63. The summed E-state index contributed by atoms with van der Waals surface area (Å²) in [5.41, 5.74) is 2.18. The van der Waals surface area contributed by atoms with Gasteiger partial charge in [0.1, 0.15) is 30.8 Å². The summed E-state index contributed by atoms with van der Waals surface area (Å²) in [6.45, 7) is 4.96. The molecule has 0 saturated heterocycles. The normalized spacial score (nSPS) is 18.7. The molecule has 2 heterocycles. The molecular formula is C25H28N2O5S. The second kappa shape index (κ2) is 10.6. The lowest BCUT2D eigenvalue weighted by Crippen LogP contribution is -2.23. The van der Waals surface area contributed by atoms with E-state index in [1.807, 2.05) is 23.6 Å². The lowest BCUT2D eigenvalue weighted by Gasteiger charge is -2.21. The minimum absolute atomic E-state index is 0.00946. The Bertz CT molecular complexity index is 1120. The molecular weight excluding hydrogens is 440 g/mol. The first kappa shape index (κ1) is 22.9. The smallest absolute Gasteiger partial charge is 0.217 e. The highest BCUT2D eigenvalue weighted by molar-refractivity contribution is 7.17. The van der Waals surface area contributed by atoms with Crippen molar-refractivity contribution in [2.24, 2.45) is 5.92 Å². The maximum Gasteiger partial charge on any atom is 0.217 e. The number of benzene rings is 1. The fourth-order valence-corrected chi connectivity index (χ4v) is 4.71. The van der Waals surface area contributed by atoms with E-state index in [0.29, 0.717) is 26.3 Å². The third-order valence-electron chi connectivity index (χ3n) is 5.49. The van der Waals surface area contributed by atoms with E-state index in [1.54, 1.807) is 17.6 Å². The van der Waals surface area contributed by atoms with Crippen molar-refractivity contribution in [3.05, 3.63) is 65.0 Å². The number of nitrogens with one attached hydrogen (secondary N) is 2. The average molecular weight is 469 g/mol. The summed E-state index contributed by atoms with van der Waals surface area (Å²) in [6, 6.07) is 6.12. The molecule has 2 aromatic rings. The Morgan fingerprint density at radius 3 is 2.76 bits per heavy atom. The first-order chi connectivity index (χ1) is 16.0. The second-order valence-corrected chi connectivity index (χ2v) is 8.93. The van der Waals surface area contributed by atoms with Gasteiger partial charge in [0.2, 0.25) is 11.8 Å². The summed E-state index contributed by atoms with van der Waals surface area (Å²) in [7, 11) is 0. The van der Waals surface area contributed by atoms with Gasteiger partial charge in [-0.05, 0) is 47.9 Å². The van der Waals surface area contributed by atoms with Crippen molar-refractivity contribution >= 4 is 33.2 Å². The monoisotopic (exact) mass is 468 g/mol. The lowest BCUT2D eigenvalue weighted by atomic mass is 9.90. The molecule has 4 rings (SSSR count). The number of carbonyl (C=O) groups is 2. The minimum atomic E-state index is -0.0501. The Morgan fingerprint density at radius 2 is 1.94 bits per heavy atom. The third-order valence-corrected chi connectivity index (χ3v) is 6.44. The molecule has 8 heteroatoms. The summed E-state index contributed by atoms with van der Waals surface area (Å²) < 4.78 is 18.8. The molecule has 7 nitrogen and oxygen atoms in total. The fourth-order valence-electron chi connectivity index (χ4n) is 3.85. The van der Waals surface area contributed by atoms with E-state index in [2.05, 4.69) is 28.8 Å². The highest BCUT2D eigenvalue weighted by atomic mass is 32.1. The van der Waals surface area contributed by atoms with Crippen LogP contribution in [0.4, 0.5) is 0 Å². The van der Waals surface area contributed by atoms with Crippen LogP contribution in [0.2, 0.25) is 0 Å². The number of fused-ring (bicyclic) bond motifs is 2. The van der Waals surface area contributed by atoms with E-state index < -0.39 is 0 Å². The van der Waals surface area contributed by atoms with Crippen molar-refractivity contribution in [1.82, 2.24) is 10.6 Å². The van der Waals surface area contributed by atoms with Gasteiger partial charge in [-0.1, -0.05) is 6.07 Å². The molecule has 1 aromatic heterocycles. The van der Waals surface area contributed by atoms with Crippen LogP contribution in [0, 0.1) is 5.92 Å². The molecule has 2 unspecified atom stereocenters. The molecule has 174 valence electrons. The SMILES string of the molecule is CC(=O)NCCC1=COC2C=CC(OCCOc3csc4ccc(CNC(C)=O)cc34)=CC12. The molecule has 0 saturated carbocycles. The van der Waals surface area contributed by atoms with Gasteiger partial charge in [-0.25, -0.2) is 0 Å². The van der Waals surface area contributed by atoms with E-state index in [9.17, 15) is 9.59 Å². The van der Waals surface area contributed by atoms with E-state index >= 15 is 0 Å². The van der Waals surface area contributed by atoms with Gasteiger partial charge >= 0.3 is 0 Å². The van der Waals surface area contributed by atoms with Crippen molar-refractivity contribution < 1.29 is 23.8 Å². The van der Waals surface area contributed by atoms with Gasteiger partial charge in [0, 0.05) is 48.3 Å². The summed E-state index contributed by atoms with van der Waals surface area (Å²) in [6.07, 6.45) is 8.55. The Hall–Kier alpha value is -3.26. The molecule has 0 spiro atoms. The van der Waals surface area contributed by atoms with Crippen LogP contribution in [-0.4, -0.2) is 37.7 Å². The van der Waals surface area contributed by atoms with Gasteiger partial charge in [0.25, 0.3) is 0 Å². The molecule has 0 bridgehead atoms. The number of carbonyl (C=O) groups excluding carboxylic acids is 2. The average Bonchev–Trinajstić information content (AvgIpc) is 3.38. The number of hydrogen-bond donors (Lipinski definition) is 2. The number of ether oxygens (including phenoxy) is 3. The van der Waals surface area contributed by atoms with Crippen LogP contribution in [0.15, 0.2) is 59.4 Å². The second-order valence-electron chi connectivity index (χ2n) is 8.02. The number of allylic oxidation sites excluding steroid dienone is 1. The molecule has 2 aliphatic rings. The third kappa shape index (κ3) is 5.96. The predicted octanol–water partition coefficient (Wildman–Crippen LogP) is 3.81. The van der Waals surface area contributed by atoms with E-state index in [0.717, 1.165) is 39.2 Å². The fraction of sp³-hybridized carbons (Fsp3) is 0.360. The summed E-state index contributed by atoms with van der Waals surface area (Å²) in [4.78, 5) is 22.3. The zero-order valence-electron chi connectivity index (χ0n) is 18.8. The maximum atomic E-state index is 11.2. The molecule has 2 amide bonds. The Balaban J connectivity index is 1.28. The van der Waals surface area contributed by atoms with Crippen LogP contribution in [0.5, 0.6) is 5.75 Å². The Kier molecular flexibility index (Phi) is 7.34. The van der Waals surface area contributed by atoms with Gasteiger partial charge in [-0.2, -0.15) is 0 Å². The zero-order valence-corrected chi connectivity index (χ0v) is 19.6. The highest BCUT2D eigenvalue weighted by Gasteiger charge is 2.30. The van der Waals surface area contributed by atoms with Crippen molar-refractivity contribution in [3.8, 4) is 5.75 Å². The van der Waals surface area contributed by atoms with Gasteiger partial charge in [0.05, 0.1) is 6.26 Å². The molecule has 33 heavy (non-hydrogen) atoms. The van der Waals surface area contributed by atoms with Gasteiger partial charge in [-0.3, -0.25) is 9.59 Å². The lowest BCUT2D eigenvalue weighted by molar-refractivity contribution is -0.119. The molecule has 1 aromatic carbocycles. The Labute approximate surface area is 197 Å². The first-order valence-corrected chi connectivity index (χ1v) is 11.9. The van der Waals surface area contributed by atoms with E-state index in [1.165, 1.54) is 13.8 Å². The highest BCUT2D eigenvalue weighted by Crippen LogP contribution is 2.35. The standard InChI is InChI=1S/C25H28N2O5S/c1-16(28)26-8-7-19-14-32-23-5-4-20(12-21(19)23)30-9-10-31-24-15-33-25-6-3-18(11-22(24)25)13-27-17(2)29/h3-6,11-12,14-15,21,23H,7-10,13H2,1-2H3,(H,26,28)(H,27,29). The molecule has 0 fully saturated rings. The van der Waals surface area contributed by atoms with Gasteiger partial charge < -0.3 is 24.8 Å². The largest absolute Gasteiger partial charge is 0.493 e. The minimum Gasteiger partial charge on any atom is -0.493 e. The number of amides is 2. The maximum absolute atomic E-state index is 11.2. The van der Waals surface area contributed by atoms with Crippen LogP contribution in [0.1, 0.15) is 25.8 Å². The molecule has 1 aliphatic heterocycles. The number of rotatable bonds is 10. The van der Waals surface area contributed by atoms with Crippen LogP contribution < -0.4 is 15.4 Å². The van der Waals surface area contributed by atoms with Gasteiger partial charge in [0.15, 0.2) is 0 Å². The molecule has 2 atom stereocenters. The van der Waals surface area contributed by atoms with Crippen molar-refractivity contribution in [1.29, 1.82) is 0 Å². The Morgan fingerprint density at radius 1 is 1.12 bits per heavy atom. The van der Waals surface area contributed by atoms with E-state index in [-0.39, 0.29) is 23.8 Å². The van der Waals surface area contributed by atoms with E-state index in [4.69, 9.17) is 14.2 Å². The van der Waals surface area contributed by atoms with Crippen molar-refractivity contribution in [3.63, 3.8) is 0 Å². The number of hydrogen-bond acceptors (Lipinski definition) is 6. The summed E-state index contributed by atoms with van der Waals surface area (Å²) in [5.74, 6) is 1.66. The van der Waals surface area contributed by atoms with Gasteiger partial charge in [-0.15, -0.1) is 11.3 Å². The van der Waals surface area contributed by atoms with Crippen LogP contribution >= 0.6 is 11.3 Å². The molecule has 0 radical (unpaired) electrons. The van der Waals surface area contributed by atoms with Crippen LogP contribution in [0.25, 0.3) is 10.1 Å². The van der Waals surface area contributed by atoms with Crippen molar-refractivity contribution in [2.75, 3.05) is 19.8 Å². The quantitative estimate of drug-likeness (QED) is 0.518. The zero-order chi connectivity index (χ0) is 23.2. The topological polar surface area (TPSA) is 85.9 Å².